The fourth-order valence-electron chi connectivity index (χ4n) is 2.50. The second-order valence-electron chi connectivity index (χ2n) is 4.99. The van der Waals surface area contributed by atoms with Gasteiger partial charge in [-0.1, -0.05) is 0 Å². The predicted molar refractivity (Wildman–Crippen MR) is 75.9 cm³/mol. The van der Waals surface area contributed by atoms with E-state index in [4.69, 9.17) is 5.73 Å². The molecule has 0 unspecified atom stereocenters. The van der Waals surface area contributed by atoms with E-state index in [1.807, 2.05) is 6.07 Å². The number of aromatic nitrogens is 3. The van der Waals surface area contributed by atoms with E-state index in [0.29, 0.717) is 23.7 Å². The summed E-state index contributed by atoms with van der Waals surface area (Å²) in [5.74, 6) is 1.26. The molecule has 20 heavy (non-hydrogen) atoms. The van der Waals surface area contributed by atoms with Crippen molar-refractivity contribution in [3.8, 4) is 6.07 Å². The van der Waals surface area contributed by atoms with Gasteiger partial charge in [0.2, 0.25) is 0 Å². The van der Waals surface area contributed by atoms with Crippen LogP contribution in [-0.4, -0.2) is 14.8 Å². The van der Waals surface area contributed by atoms with Crippen molar-refractivity contribution in [1.29, 1.82) is 5.26 Å². The number of anilines is 2. The van der Waals surface area contributed by atoms with Crippen LogP contribution in [0.3, 0.4) is 0 Å². The van der Waals surface area contributed by atoms with Crippen LogP contribution in [0.5, 0.6) is 0 Å². The molecule has 0 saturated heterocycles. The third-order valence-corrected chi connectivity index (χ3v) is 3.68. The number of nitrogens with one attached hydrogen (secondary N) is 1. The van der Waals surface area contributed by atoms with Crippen LogP contribution in [0.1, 0.15) is 28.8 Å². The van der Waals surface area contributed by atoms with Gasteiger partial charge in [-0.15, -0.1) is 0 Å². The molecule has 0 fully saturated rings. The number of nitrogens with zero attached hydrogens (tertiary/aromatic N) is 4. The SMILES string of the molecule is Cn1ncc(CNc2nc3c(cc2C#N)CCC3)c1N. The molecule has 102 valence electrons. The first kappa shape index (κ1) is 12.5. The maximum absolute atomic E-state index is 9.23. The van der Waals surface area contributed by atoms with Gasteiger partial charge in [-0.2, -0.15) is 10.4 Å². The first-order valence-electron chi connectivity index (χ1n) is 6.62. The summed E-state index contributed by atoms with van der Waals surface area (Å²) < 4.78 is 1.62. The van der Waals surface area contributed by atoms with Crippen molar-refractivity contribution in [3.05, 3.63) is 34.6 Å². The zero-order valence-corrected chi connectivity index (χ0v) is 11.3. The molecule has 6 nitrogen and oxygen atoms in total. The number of nitrogen functional groups attached to an aromatic ring is 1. The normalized spacial score (nSPS) is 13.0. The lowest BCUT2D eigenvalue weighted by molar-refractivity contribution is 0.778. The minimum atomic E-state index is 0.514. The van der Waals surface area contributed by atoms with Gasteiger partial charge in [-0.05, 0) is 30.9 Å². The molecule has 1 aliphatic carbocycles. The van der Waals surface area contributed by atoms with Gasteiger partial charge < -0.3 is 11.1 Å². The summed E-state index contributed by atoms with van der Waals surface area (Å²) >= 11 is 0. The topological polar surface area (TPSA) is 92.5 Å². The Hall–Kier alpha value is -2.55. The number of nitriles is 1. The Labute approximate surface area is 117 Å². The number of hydrogen-bond acceptors (Lipinski definition) is 5. The highest BCUT2D eigenvalue weighted by Crippen LogP contribution is 2.25. The average Bonchev–Trinajstić information content (AvgIpc) is 3.03. The number of hydrogen-bond donors (Lipinski definition) is 2. The molecular weight excluding hydrogens is 252 g/mol. The summed E-state index contributed by atoms with van der Waals surface area (Å²) in [6, 6.07) is 4.15. The molecule has 0 saturated carbocycles. The van der Waals surface area contributed by atoms with Crippen LogP contribution in [0.2, 0.25) is 0 Å². The van der Waals surface area contributed by atoms with Crippen molar-refractivity contribution in [2.45, 2.75) is 25.8 Å². The molecule has 2 aromatic rings. The Kier molecular flexibility index (Phi) is 3.03. The molecule has 0 aromatic carbocycles. The van der Waals surface area contributed by atoms with Crippen molar-refractivity contribution in [2.75, 3.05) is 11.1 Å². The highest BCUT2D eigenvalue weighted by Gasteiger charge is 2.16. The molecule has 0 aliphatic heterocycles. The van der Waals surface area contributed by atoms with E-state index >= 15 is 0 Å². The van der Waals surface area contributed by atoms with E-state index in [1.165, 1.54) is 5.56 Å². The third kappa shape index (κ3) is 2.07. The van der Waals surface area contributed by atoms with Gasteiger partial charge in [0.15, 0.2) is 0 Å². The Balaban J connectivity index is 1.84. The van der Waals surface area contributed by atoms with Gasteiger partial charge in [-0.25, -0.2) is 4.98 Å². The molecule has 3 rings (SSSR count). The number of aryl methyl sites for hydroxylation is 3. The minimum absolute atomic E-state index is 0.514. The quantitative estimate of drug-likeness (QED) is 0.877. The predicted octanol–water partition coefficient (Wildman–Crippen LogP) is 1.37. The number of rotatable bonds is 3. The molecule has 3 N–H and O–H groups in total. The molecule has 6 heteroatoms. The maximum atomic E-state index is 9.23. The molecule has 2 heterocycles. The molecule has 0 atom stereocenters. The Morgan fingerprint density at radius 2 is 2.35 bits per heavy atom. The largest absolute Gasteiger partial charge is 0.384 e. The fourth-order valence-corrected chi connectivity index (χ4v) is 2.50. The van der Waals surface area contributed by atoms with Gasteiger partial charge >= 0.3 is 0 Å². The zero-order chi connectivity index (χ0) is 14.1. The molecule has 0 spiro atoms. The first-order valence-corrected chi connectivity index (χ1v) is 6.62. The lowest BCUT2D eigenvalue weighted by atomic mass is 10.1. The van der Waals surface area contributed by atoms with Crippen molar-refractivity contribution >= 4 is 11.6 Å². The van der Waals surface area contributed by atoms with E-state index in [0.717, 1.165) is 30.5 Å². The van der Waals surface area contributed by atoms with Crippen LogP contribution in [0.15, 0.2) is 12.3 Å². The van der Waals surface area contributed by atoms with Crippen LogP contribution >= 0.6 is 0 Å². The van der Waals surface area contributed by atoms with E-state index in [9.17, 15) is 5.26 Å². The van der Waals surface area contributed by atoms with Crippen molar-refractivity contribution in [1.82, 2.24) is 14.8 Å². The second kappa shape index (κ2) is 4.85. The molecular formula is C14H16N6. The van der Waals surface area contributed by atoms with E-state index < -0.39 is 0 Å². The Morgan fingerprint density at radius 3 is 3.05 bits per heavy atom. The zero-order valence-electron chi connectivity index (χ0n) is 11.3. The van der Waals surface area contributed by atoms with Crippen LogP contribution in [0, 0.1) is 11.3 Å². The van der Waals surface area contributed by atoms with Gasteiger partial charge in [-0.3, -0.25) is 4.68 Å². The van der Waals surface area contributed by atoms with Crippen LogP contribution in [0.25, 0.3) is 0 Å². The third-order valence-electron chi connectivity index (χ3n) is 3.68. The fraction of sp³-hybridized carbons (Fsp3) is 0.357. The molecule has 0 amide bonds. The van der Waals surface area contributed by atoms with Crippen molar-refractivity contribution in [3.63, 3.8) is 0 Å². The lowest BCUT2D eigenvalue weighted by Gasteiger charge is -2.09. The maximum Gasteiger partial charge on any atom is 0.144 e. The van der Waals surface area contributed by atoms with Gasteiger partial charge in [0.1, 0.15) is 17.7 Å². The van der Waals surface area contributed by atoms with Crippen LogP contribution in [-0.2, 0) is 26.4 Å². The molecule has 2 aromatic heterocycles. The van der Waals surface area contributed by atoms with Gasteiger partial charge in [0, 0.05) is 24.8 Å². The Bertz CT molecular complexity index is 694. The van der Waals surface area contributed by atoms with Crippen LogP contribution in [0.4, 0.5) is 11.6 Å². The van der Waals surface area contributed by atoms with E-state index in [-0.39, 0.29) is 0 Å². The summed E-state index contributed by atoms with van der Waals surface area (Å²) in [7, 11) is 1.80. The average molecular weight is 268 g/mol. The summed E-state index contributed by atoms with van der Waals surface area (Å²) in [5, 5.41) is 16.5. The van der Waals surface area contributed by atoms with Gasteiger partial charge in [0.05, 0.1) is 11.8 Å². The number of nitrogens with two attached hydrogens (primary N) is 1. The summed E-state index contributed by atoms with van der Waals surface area (Å²) in [5.41, 5.74) is 9.70. The van der Waals surface area contributed by atoms with Crippen molar-refractivity contribution in [2.24, 2.45) is 7.05 Å². The number of pyridine rings is 1. The second-order valence-corrected chi connectivity index (χ2v) is 4.99. The van der Waals surface area contributed by atoms with Crippen LogP contribution < -0.4 is 11.1 Å². The van der Waals surface area contributed by atoms with Crippen molar-refractivity contribution < 1.29 is 0 Å². The first-order chi connectivity index (χ1) is 9.69. The summed E-state index contributed by atoms with van der Waals surface area (Å²) in [6.45, 7) is 0.514. The van der Waals surface area contributed by atoms with E-state index in [2.05, 4.69) is 21.5 Å². The highest BCUT2D eigenvalue weighted by atomic mass is 15.3. The molecule has 1 aliphatic rings. The Morgan fingerprint density at radius 1 is 1.50 bits per heavy atom. The molecule has 0 radical (unpaired) electrons. The smallest absolute Gasteiger partial charge is 0.144 e. The summed E-state index contributed by atoms with van der Waals surface area (Å²) in [4.78, 5) is 4.57. The lowest BCUT2D eigenvalue weighted by Crippen LogP contribution is -2.07. The number of fused-ring (bicyclic) bond motifs is 1. The monoisotopic (exact) mass is 268 g/mol. The molecule has 0 bridgehead atoms. The van der Waals surface area contributed by atoms with E-state index in [1.54, 1.807) is 17.9 Å². The minimum Gasteiger partial charge on any atom is -0.384 e. The summed E-state index contributed by atoms with van der Waals surface area (Å²) in [6.07, 6.45) is 4.85. The standard InChI is InChI=1S/C14H16N6/c1-20-13(16)11(8-18-20)7-17-14-10(6-15)5-9-3-2-4-12(9)19-14/h5,8H,2-4,7,16H2,1H3,(H,17,19). The highest BCUT2D eigenvalue weighted by molar-refractivity contribution is 5.56. The van der Waals surface area contributed by atoms with Gasteiger partial charge in [0.25, 0.3) is 0 Å².